The third-order valence-electron chi connectivity index (χ3n) is 8.26. The summed E-state index contributed by atoms with van der Waals surface area (Å²) in [6.45, 7) is 2.78. The number of rotatable bonds is 9. The SMILES string of the molecule is C.C.CCNC(=O)Oc1ccc(C2(c3ccc(N(C)OC=O)cc3)CC2)cc1.F.F.Oc1ccc(C2(c3ccc(O)cc3)CC2)cc1. The number of benzene rings is 4. The molecule has 0 aromatic heterocycles. The summed E-state index contributed by atoms with van der Waals surface area (Å²) < 4.78 is 5.22. The molecular formula is C37H46F2N2O6. The van der Waals surface area contributed by atoms with Gasteiger partial charge in [-0.1, -0.05) is 63.4 Å². The van der Waals surface area contributed by atoms with Crippen LogP contribution in [0.25, 0.3) is 0 Å². The van der Waals surface area contributed by atoms with Crippen LogP contribution in [0.2, 0.25) is 0 Å². The van der Waals surface area contributed by atoms with Crippen molar-refractivity contribution in [1.82, 2.24) is 5.32 Å². The van der Waals surface area contributed by atoms with Crippen LogP contribution in [-0.4, -0.2) is 36.4 Å². The number of carbonyl (C=O) groups excluding carboxylic acids is 2. The van der Waals surface area contributed by atoms with Gasteiger partial charge in [0.1, 0.15) is 17.2 Å². The molecule has 0 atom stereocenters. The first-order valence-electron chi connectivity index (χ1n) is 14.4. The van der Waals surface area contributed by atoms with E-state index in [2.05, 4.69) is 17.4 Å². The summed E-state index contributed by atoms with van der Waals surface area (Å²) in [6, 6.07) is 30.5. The highest BCUT2D eigenvalue weighted by atomic mass is 19.0. The van der Waals surface area contributed by atoms with Crippen molar-refractivity contribution in [3.05, 3.63) is 119 Å². The molecule has 8 nitrogen and oxygen atoms in total. The van der Waals surface area contributed by atoms with Gasteiger partial charge in [-0.3, -0.25) is 14.2 Å². The van der Waals surface area contributed by atoms with Crippen molar-refractivity contribution in [1.29, 1.82) is 0 Å². The normalized spacial score (nSPS) is 13.9. The van der Waals surface area contributed by atoms with Crippen LogP contribution >= 0.6 is 0 Å². The van der Waals surface area contributed by atoms with Gasteiger partial charge in [-0.25, -0.2) is 9.86 Å². The Kier molecular flexibility index (Phi) is 14.4. The molecule has 0 radical (unpaired) electrons. The van der Waals surface area contributed by atoms with Crippen LogP contribution in [-0.2, 0) is 20.5 Å². The van der Waals surface area contributed by atoms with E-state index < -0.39 is 6.09 Å². The Bertz CT molecular complexity index is 1490. The highest BCUT2D eigenvalue weighted by molar-refractivity contribution is 5.70. The van der Waals surface area contributed by atoms with Crippen LogP contribution < -0.4 is 15.1 Å². The van der Waals surface area contributed by atoms with Gasteiger partial charge in [0.15, 0.2) is 0 Å². The van der Waals surface area contributed by atoms with Crippen LogP contribution in [0.1, 0.15) is 69.7 Å². The molecular weight excluding hydrogens is 606 g/mol. The van der Waals surface area contributed by atoms with E-state index in [0.29, 0.717) is 30.3 Å². The molecule has 10 heteroatoms. The predicted octanol–water partition coefficient (Wildman–Crippen LogP) is 8.15. The molecule has 0 bridgehead atoms. The van der Waals surface area contributed by atoms with Gasteiger partial charge in [-0.2, -0.15) is 0 Å². The number of anilines is 1. The van der Waals surface area contributed by atoms with Gasteiger partial charge in [0, 0.05) is 24.4 Å². The molecule has 6 rings (SSSR count). The molecule has 254 valence electrons. The van der Waals surface area contributed by atoms with Crippen molar-refractivity contribution in [2.24, 2.45) is 0 Å². The Hall–Kier alpha value is -5.12. The van der Waals surface area contributed by atoms with Gasteiger partial charge >= 0.3 is 12.6 Å². The van der Waals surface area contributed by atoms with Crippen molar-refractivity contribution >= 4 is 18.3 Å². The number of amides is 1. The van der Waals surface area contributed by atoms with E-state index in [1.807, 2.05) is 67.6 Å². The maximum Gasteiger partial charge on any atom is 0.412 e. The largest absolute Gasteiger partial charge is 0.508 e. The Labute approximate surface area is 275 Å². The third-order valence-corrected chi connectivity index (χ3v) is 8.26. The number of carbonyl (C=O) groups is 2. The number of hydrogen-bond acceptors (Lipinski definition) is 7. The second-order valence-corrected chi connectivity index (χ2v) is 10.9. The second-order valence-electron chi connectivity index (χ2n) is 10.9. The molecule has 2 aliphatic rings. The van der Waals surface area contributed by atoms with Gasteiger partial charge in [0.2, 0.25) is 0 Å². The first kappa shape index (κ1) is 39.9. The average Bonchev–Trinajstić information content (AvgIpc) is 3.95. The predicted molar refractivity (Wildman–Crippen MR) is 183 cm³/mol. The van der Waals surface area contributed by atoms with Crippen molar-refractivity contribution in [3.8, 4) is 17.2 Å². The summed E-state index contributed by atoms with van der Waals surface area (Å²) in [5.74, 6) is 1.13. The number of nitrogens with one attached hydrogen (secondary N) is 1. The molecule has 4 aromatic rings. The maximum absolute atomic E-state index is 11.5. The number of halogens is 2. The Balaban J connectivity index is 0.000000462. The van der Waals surface area contributed by atoms with E-state index in [1.165, 1.54) is 27.3 Å². The van der Waals surface area contributed by atoms with Crippen LogP contribution in [0.15, 0.2) is 97.1 Å². The van der Waals surface area contributed by atoms with Gasteiger partial charge in [0.05, 0.1) is 5.69 Å². The highest BCUT2D eigenvalue weighted by Gasteiger charge is 2.46. The molecule has 2 fully saturated rings. The number of phenols is 2. The molecule has 2 aliphatic carbocycles. The molecule has 2 saturated carbocycles. The maximum atomic E-state index is 11.5. The number of hydroxylamine groups is 1. The molecule has 47 heavy (non-hydrogen) atoms. The lowest BCUT2D eigenvalue weighted by Gasteiger charge is -2.19. The lowest BCUT2D eigenvalue weighted by atomic mass is 9.88. The van der Waals surface area contributed by atoms with Crippen LogP contribution in [0.5, 0.6) is 17.2 Å². The minimum atomic E-state index is -0.446. The lowest BCUT2D eigenvalue weighted by Crippen LogP contribution is -2.26. The van der Waals surface area contributed by atoms with Crippen molar-refractivity contribution in [2.45, 2.75) is 58.3 Å². The van der Waals surface area contributed by atoms with E-state index in [1.54, 1.807) is 31.3 Å². The summed E-state index contributed by atoms with van der Waals surface area (Å²) in [7, 11) is 1.68. The fourth-order valence-corrected chi connectivity index (χ4v) is 5.54. The van der Waals surface area contributed by atoms with E-state index in [0.717, 1.165) is 31.4 Å². The fourth-order valence-electron chi connectivity index (χ4n) is 5.54. The molecule has 1 amide bonds. The average molecular weight is 653 g/mol. The quantitative estimate of drug-likeness (QED) is 0.124. The third kappa shape index (κ3) is 9.00. The molecule has 0 unspecified atom stereocenters. The minimum Gasteiger partial charge on any atom is -0.508 e. The fraction of sp³-hybridized carbons (Fsp3) is 0.297. The summed E-state index contributed by atoms with van der Waals surface area (Å²) in [5, 5.41) is 22.7. The summed E-state index contributed by atoms with van der Waals surface area (Å²) in [4.78, 5) is 26.8. The lowest BCUT2D eigenvalue weighted by molar-refractivity contribution is -0.129. The summed E-state index contributed by atoms with van der Waals surface area (Å²) in [5.41, 5.74) is 5.81. The van der Waals surface area contributed by atoms with E-state index in [4.69, 9.17) is 9.57 Å². The molecule has 0 saturated heterocycles. The van der Waals surface area contributed by atoms with Crippen LogP contribution in [0.4, 0.5) is 19.9 Å². The Morgan fingerprint density at radius 2 is 1.09 bits per heavy atom. The summed E-state index contributed by atoms with van der Waals surface area (Å²) in [6.07, 6.45) is 3.96. The molecule has 0 aliphatic heterocycles. The first-order chi connectivity index (χ1) is 20.8. The van der Waals surface area contributed by atoms with Crippen LogP contribution in [0, 0.1) is 0 Å². The molecule has 3 N–H and O–H groups in total. The zero-order valence-electron chi connectivity index (χ0n) is 25.1. The van der Waals surface area contributed by atoms with Crippen molar-refractivity contribution < 1.29 is 38.8 Å². The van der Waals surface area contributed by atoms with Gasteiger partial charge in [-0.15, -0.1) is 0 Å². The number of phenolic OH excluding ortho intramolecular Hbond substituents is 2. The van der Waals surface area contributed by atoms with E-state index in [-0.39, 0.29) is 35.1 Å². The number of nitrogens with zero attached hydrogens (tertiary/aromatic N) is 1. The Morgan fingerprint density at radius 1 is 0.723 bits per heavy atom. The number of aromatic hydroxyl groups is 2. The summed E-state index contributed by atoms with van der Waals surface area (Å²) >= 11 is 0. The van der Waals surface area contributed by atoms with Crippen molar-refractivity contribution in [2.75, 3.05) is 18.7 Å². The van der Waals surface area contributed by atoms with E-state index >= 15 is 0 Å². The second kappa shape index (κ2) is 17.0. The van der Waals surface area contributed by atoms with Gasteiger partial charge in [-0.05, 0) is 103 Å². The minimum absolute atomic E-state index is 0. The standard InChI is InChI=1S/C20H22N2O4.C15H14O2.2CH4.2FH/c1-3-21-19(24)26-18-10-6-16(7-11-18)20(12-13-20)15-4-8-17(9-5-15)22(2)25-14-23;16-13-5-1-11(2-6-13)15(9-10-15)12-3-7-14(17)8-4-12;;;;/h4-11,14H,3,12-13H2,1-2H3,(H,21,24);1-8,16-17H,9-10H2;2*1H4;2*1H. The zero-order chi connectivity index (χ0) is 30.5. The highest BCUT2D eigenvalue weighted by Crippen LogP contribution is 2.54. The topological polar surface area (TPSA) is 108 Å². The smallest absolute Gasteiger partial charge is 0.412 e. The number of hydrogen-bond donors (Lipinski definition) is 3. The molecule has 4 aromatic carbocycles. The Morgan fingerprint density at radius 3 is 1.43 bits per heavy atom. The molecule has 0 heterocycles. The zero-order valence-corrected chi connectivity index (χ0v) is 25.1. The van der Waals surface area contributed by atoms with Gasteiger partial charge < -0.3 is 25.1 Å². The van der Waals surface area contributed by atoms with Gasteiger partial charge in [0.25, 0.3) is 0 Å². The van der Waals surface area contributed by atoms with Crippen molar-refractivity contribution in [3.63, 3.8) is 0 Å². The van der Waals surface area contributed by atoms with Crippen LogP contribution in [0.3, 0.4) is 0 Å². The molecule has 0 spiro atoms. The first-order valence-corrected chi connectivity index (χ1v) is 14.4. The number of ether oxygens (including phenoxy) is 1. The van der Waals surface area contributed by atoms with E-state index in [9.17, 15) is 19.8 Å². The monoisotopic (exact) mass is 652 g/mol.